The van der Waals surface area contributed by atoms with E-state index in [2.05, 4.69) is 235 Å². The Labute approximate surface area is 406 Å². The van der Waals surface area contributed by atoms with E-state index >= 15 is 0 Å². The second kappa shape index (κ2) is 15.2. The summed E-state index contributed by atoms with van der Waals surface area (Å²) in [6.07, 6.45) is 0. The molecule has 0 amide bonds. The molecule has 4 nitrogen and oxygen atoms in total. The molecule has 12 aromatic carbocycles. The maximum Gasteiger partial charge on any atom is 0.164 e. The number of thiophene rings is 1. The molecule has 0 fully saturated rings. The highest BCUT2D eigenvalue weighted by molar-refractivity contribution is 7.26. The number of benzene rings is 12. The van der Waals surface area contributed by atoms with E-state index in [1.165, 1.54) is 63.3 Å². The molecule has 15 aromatic rings. The van der Waals surface area contributed by atoms with Gasteiger partial charge in [0, 0.05) is 58.9 Å². The third-order valence-corrected chi connectivity index (χ3v) is 15.6. The van der Waals surface area contributed by atoms with Gasteiger partial charge in [-0.05, 0) is 102 Å². The van der Waals surface area contributed by atoms with Crippen molar-refractivity contribution in [3.63, 3.8) is 0 Å². The van der Waals surface area contributed by atoms with Crippen LogP contribution < -0.4 is 0 Å². The van der Waals surface area contributed by atoms with Crippen molar-refractivity contribution >= 4 is 107 Å². The van der Waals surface area contributed by atoms with Crippen LogP contribution in [0.15, 0.2) is 231 Å². The molecular formula is C65H38N4S. The largest absolute Gasteiger partial charge is 0.309 e. The lowest BCUT2D eigenvalue weighted by molar-refractivity contribution is 1.08. The molecule has 0 radical (unpaired) electrons. The maximum atomic E-state index is 5.57. The van der Waals surface area contributed by atoms with Gasteiger partial charge in [-0.15, -0.1) is 11.3 Å². The molecule has 0 atom stereocenters. The van der Waals surface area contributed by atoms with Gasteiger partial charge in [0.25, 0.3) is 0 Å². The summed E-state index contributed by atoms with van der Waals surface area (Å²) in [5.41, 5.74) is 8.42. The highest BCUT2D eigenvalue weighted by Gasteiger charge is 2.23. The zero-order valence-electron chi connectivity index (χ0n) is 37.6. The second-order valence-corrected chi connectivity index (χ2v) is 19.3. The van der Waals surface area contributed by atoms with Crippen LogP contribution in [0.5, 0.6) is 0 Å². The standard InChI is InChI=1S/C65H38N4S/c1-2-17-42-37-60-58(36-41(42)16-1)50-20-7-9-28-59(50)69(60)43-32-35-56(57(38-43)53-25-13-24-52-51-21-8-10-29-61(51)70-62(52)53)65-67-63(54-26-11-22-46-44-18-5-3-14-39(44)30-33-48(46)54)66-64(68-65)55-27-12-23-47-45-19-6-4-15-40(45)31-34-49(47)55/h1-38H. The predicted octanol–water partition coefficient (Wildman–Crippen LogP) is 17.8. The summed E-state index contributed by atoms with van der Waals surface area (Å²) >= 11 is 1.84. The van der Waals surface area contributed by atoms with Gasteiger partial charge in [0.2, 0.25) is 0 Å². The first-order chi connectivity index (χ1) is 34.7. The van der Waals surface area contributed by atoms with E-state index in [1.54, 1.807) is 0 Å². The first kappa shape index (κ1) is 39.0. The Morgan fingerprint density at radius 2 is 0.786 bits per heavy atom. The molecule has 0 spiro atoms. The minimum atomic E-state index is 0.614. The Kier molecular flexibility index (Phi) is 8.49. The molecule has 0 unspecified atom stereocenters. The van der Waals surface area contributed by atoms with Crippen LogP contribution >= 0.6 is 11.3 Å². The number of fused-ring (bicyclic) bond motifs is 13. The van der Waals surface area contributed by atoms with Crippen LogP contribution in [-0.4, -0.2) is 19.5 Å². The fourth-order valence-corrected chi connectivity index (χ4v) is 12.4. The number of rotatable bonds is 5. The zero-order valence-corrected chi connectivity index (χ0v) is 38.5. The Bertz CT molecular complexity index is 4540. The molecule has 0 saturated carbocycles. The van der Waals surface area contributed by atoms with Crippen LogP contribution in [0.1, 0.15) is 0 Å². The lowest BCUT2D eigenvalue weighted by Crippen LogP contribution is -2.03. The summed E-state index contributed by atoms with van der Waals surface area (Å²) in [4.78, 5) is 16.6. The summed E-state index contributed by atoms with van der Waals surface area (Å²) in [7, 11) is 0. The van der Waals surface area contributed by atoms with Crippen molar-refractivity contribution in [2.45, 2.75) is 0 Å². The van der Waals surface area contributed by atoms with Gasteiger partial charge in [0.1, 0.15) is 0 Å². The molecule has 324 valence electrons. The van der Waals surface area contributed by atoms with Crippen LogP contribution in [0.4, 0.5) is 0 Å². The van der Waals surface area contributed by atoms with Crippen molar-refractivity contribution in [1.82, 2.24) is 19.5 Å². The molecule has 0 aliphatic carbocycles. The van der Waals surface area contributed by atoms with Gasteiger partial charge in [0.15, 0.2) is 17.5 Å². The molecule has 0 bridgehead atoms. The van der Waals surface area contributed by atoms with Gasteiger partial charge in [-0.25, -0.2) is 15.0 Å². The van der Waals surface area contributed by atoms with Crippen molar-refractivity contribution in [2.75, 3.05) is 0 Å². The van der Waals surface area contributed by atoms with E-state index in [0.717, 1.165) is 66.1 Å². The van der Waals surface area contributed by atoms with Crippen LogP contribution in [-0.2, 0) is 0 Å². The normalized spacial score (nSPS) is 12.0. The Morgan fingerprint density at radius 3 is 1.46 bits per heavy atom. The van der Waals surface area contributed by atoms with Gasteiger partial charge < -0.3 is 4.57 Å². The number of nitrogens with zero attached hydrogens (tertiary/aromatic N) is 4. The number of aromatic nitrogens is 4. The molecule has 5 heteroatoms. The van der Waals surface area contributed by atoms with Gasteiger partial charge in [-0.1, -0.05) is 188 Å². The summed E-state index contributed by atoms with van der Waals surface area (Å²) in [6.45, 7) is 0. The summed E-state index contributed by atoms with van der Waals surface area (Å²) in [6, 6.07) is 83.5. The molecule has 3 aromatic heterocycles. The average molecular weight is 907 g/mol. The highest BCUT2D eigenvalue weighted by Crippen LogP contribution is 2.45. The second-order valence-electron chi connectivity index (χ2n) is 18.3. The number of para-hydroxylation sites is 1. The Hall–Kier alpha value is -9.03. The average Bonchev–Trinajstić information content (AvgIpc) is 3.97. The van der Waals surface area contributed by atoms with Crippen LogP contribution in [0.3, 0.4) is 0 Å². The first-order valence-electron chi connectivity index (χ1n) is 23.8. The quantitative estimate of drug-likeness (QED) is 0.162. The third-order valence-electron chi connectivity index (χ3n) is 14.4. The minimum Gasteiger partial charge on any atom is -0.309 e. The van der Waals surface area contributed by atoms with E-state index in [-0.39, 0.29) is 0 Å². The lowest BCUT2D eigenvalue weighted by Gasteiger charge is -2.17. The van der Waals surface area contributed by atoms with Crippen LogP contribution in [0, 0.1) is 0 Å². The smallest absolute Gasteiger partial charge is 0.164 e. The fourth-order valence-electron chi connectivity index (χ4n) is 11.2. The molecule has 0 saturated heterocycles. The SMILES string of the molecule is c1ccc2cc3c(cc2c1)c1ccccc1n3-c1ccc(-c2nc(-c3cccc4c3ccc3ccccc34)nc(-c3cccc4c3ccc3ccccc34)n2)c(-c2cccc3c2sc2ccccc23)c1. The van der Waals surface area contributed by atoms with Crippen LogP contribution in [0.25, 0.3) is 147 Å². The van der Waals surface area contributed by atoms with Gasteiger partial charge >= 0.3 is 0 Å². The summed E-state index contributed by atoms with van der Waals surface area (Å²) in [5.74, 6) is 1.87. The topological polar surface area (TPSA) is 43.6 Å². The van der Waals surface area contributed by atoms with Gasteiger partial charge in [0.05, 0.1) is 11.0 Å². The molecule has 15 rings (SSSR count). The van der Waals surface area contributed by atoms with E-state index in [0.29, 0.717) is 17.5 Å². The van der Waals surface area contributed by atoms with Crippen molar-refractivity contribution < 1.29 is 0 Å². The van der Waals surface area contributed by atoms with Crippen molar-refractivity contribution in [3.05, 3.63) is 231 Å². The van der Waals surface area contributed by atoms with E-state index in [4.69, 9.17) is 15.0 Å². The Balaban J connectivity index is 1.04. The summed E-state index contributed by atoms with van der Waals surface area (Å²) in [5, 5.41) is 16.7. The molecule has 0 N–H and O–H groups in total. The van der Waals surface area contributed by atoms with E-state index < -0.39 is 0 Å². The van der Waals surface area contributed by atoms with E-state index in [9.17, 15) is 0 Å². The van der Waals surface area contributed by atoms with Crippen molar-refractivity contribution in [3.8, 4) is 51.0 Å². The Morgan fingerprint density at radius 1 is 0.271 bits per heavy atom. The van der Waals surface area contributed by atoms with Gasteiger partial charge in [-0.3, -0.25) is 0 Å². The molecule has 70 heavy (non-hydrogen) atoms. The van der Waals surface area contributed by atoms with Crippen LogP contribution in [0.2, 0.25) is 0 Å². The maximum absolute atomic E-state index is 5.57. The lowest BCUT2D eigenvalue weighted by atomic mass is 9.95. The van der Waals surface area contributed by atoms with E-state index in [1.807, 2.05) is 11.3 Å². The monoisotopic (exact) mass is 906 g/mol. The fraction of sp³-hybridized carbons (Fsp3) is 0. The number of hydrogen-bond donors (Lipinski definition) is 0. The molecule has 3 heterocycles. The molecular weight excluding hydrogens is 869 g/mol. The highest BCUT2D eigenvalue weighted by atomic mass is 32.1. The zero-order chi connectivity index (χ0) is 45.9. The predicted molar refractivity (Wildman–Crippen MR) is 296 cm³/mol. The van der Waals surface area contributed by atoms with Crippen molar-refractivity contribution in [1.29, 1.82) is 0 Å². The third kappa shape index (κ3) is 5.92. The first-order valence-corrected chi connectivity index (χ1v) is 24.6. The van der Waals surface area contributed by atoms with Gasteiger partial charge in [-0.2, -0.15) is 0 Å². The minimum absolute atomic E-state index is 0.614. The van der Waals surface area contributed by atoms with Crippen molar-refractivity contribution in [2.24, 2.45) is 0 Å². The molecule has 0 aliphatic rings. The summed E-state index contributed by atoms with van der Waals surface area (Å²) < 4.78 is 4.92. The number of hydrogen-bond acceptors (Lipinski definition) is 4. The molecule has 0 aliphatic heterocycles.